The number of nitrogens with one attached hydrogen (secondary N) is 2. The van der Waals surface area contributed by atoms with Crippen molar-refractivity contribution in [2.24, 2.45) is 0 Å². The zero-order chi connectivity index (χ0) is 25.7. The third-order valence-corrected chi connectivity index (χ3v) is 6.20. The number of hydrazine groups is 1. The summed E-state index contributed by atoms with van der Waals surface area (Å²) < 4.78 is 59.0. The van der Waals surface area contributed by atoms with Gasteiger partial charge in [-0.25, -0.2) is 14.8 Å². The second kappa shape index (κ2) is 9.20. The molecule has 2 bridgehead atoms. The molecule has 0 radical (unpaired) electrons. The summed E-state index contributed by atoms with van der Waals surface area (Å²) in [4.78, 5) is 12.3. The van der Waals surface area contributed by atoms with E-state index in [1.54, 1.807) is 12.1 Å². The van der Waals surface area contributed by atoms with Gasteiger partial charge in [0.1, 0.15) is 24.1 Å². The molecule has 3 saturated heterocycles. The second-order valence-electron chi connectivity index (χ2n) is 9.42. The molecule has 2 amide bonds. The van der Waals surface area contributed by atoms with Crippen LogP contribution < -0.4 is 15.4 Å². The minimum absolute atomic E-state index is 0.0403. The van der Waals surface area contributed by atoms with Gasteiger partial charge in [0.15, 0.2) is 12.0 Å². The Bertz CT molecular complexity index is 1090. The minimum Gasteiger partial charge on any atom is -0.406 e. The van der Waals surface area contributed by atoms with Crippen molar-refractivity contribution in [2.45, 2.75) is 57.1 Å². The van der Waals surface area contributed by atoms with Crippen molar-refractivity contribution in [3.8, 4) is 5.75 Å². The van der Waals surface area contributed by atoms with Crippen LogP contribution in [0.4, 0.5) is 29.3 Å². The summed E-state index contributed by atoms with van der Waals surface area (Å²) in [6, 6.07) is 11.7. The molecule has 2 aromatic rings. The molecule has 4 atom stereocenters. The number of likely N-dealkylation sites (N-methyl/N-ethyl adjacent to an activating group) is 1. The van der Waals surface area contributed by atoms with E-state index in [1.807, 2.05) is 33.0 Å². The van der Waals surface area contributed by atoms with Crippen molar-refractivity contribution in [2.75, 3.05) is 24.2 Å². The zero-order valence-corrected chi connectivity index (χ0v) is 19.9. The van der Waals surface area contributed by atoms with Gasteiger partial charge >= 0.3 is 12.4 Å². The monoisotopic (exact) mass is 508 g/mol. The fraction of sp³-hybridized carbons (Fsp3) is 0.458. The number of rotatable bonds is 5. The molecule has 12 heteroatoms. The van der Waals surface area contributed by atoms with Gasteiger partial charge < -0.3 is 29.6 Å². The van der Waals surface area contributed by atoms with Gasteiger partial charge in [-0.2, -0.15) is 0 Å². The summed E-state index contributed by atoms with van der Waals surface area (Å²) in [5.41, 5.74) is 1.89. The SMILES string of the molecule is CN1C[C@H]2O[C@H]([C@@H]3OC(C)(C)O[C@@H]32)N1Cc1ccc(NC(=O)Nc2ccc(OC(F)(F)F)cc2)cc1. The van der Waals surface area contributed by atoms with E-state index in [2.05, 4.69) is 25.4 Å². The summed E-state index contributed by atoms with van der Waals surface area (Å²) in [5, 5.41) is 9.52. The standard InChI is InChI=1S/C24H27F3N4O5/c1-23(2)35-19-18-13-30(3)31(21(33-18)20(19)36-23)12-14-4-6-15(7-5-14)28-22(32)29-16-8-10-17(11-9-16)34-24(25,26)27/h4-11,18-21H,12-13H2,1-3H3,(H2,28,29,32)/t18-,19-,20-,21-/m1/s1. The molecule has 0 unspecified atom stereocenters. The first kappa shape index (κ1) is 24.8. The lowest BCUT2D eigenvalue weighted by Crippen LogP contribution is -2.55. The third kappa shape index (κ3) is 5.42. The largest absolute Gasteiger partial charge is 0.573 e. The Morgan fingerprint density at radius 3 is 2.22 bits per heavy atom. The number of fused-ring (bicyclic) bond motifs is 5. The van der Waals surface area contributed by atoms with Crippen LogP contribution in [0.1, 0.15) is 19.4 Å². The maximum atomic E-state index is 12.3. The molecule has 2 N–H and O–H groups in total. The lowest BCUT2D eigenvalue weighted by molar-refractivity contribution is -0.274. The van der Waals surface area contributed by atoms with Crippen LogP contribution in [-0.4, -0.2) is 66.3 Å². The fourth-order valence-electron chi connectivity index (χ4n) is 4.73. The molecule has 2 aromatic carbocycles. The molecule has 0 aliphatic carbocycles. The molecular weight excluding hydrogens is 481 g/mol. The quantitative estimate of drug-likeness (QED) is 0.628. The van der Waals surface area contributed by atoms with Crippen LogP contribution in [0.5, 0.6) is 5.75 Å². The number of alkyl halides is 3. The van der Waals surface area contributed by atoms with Crippen molar-refractivity contribution in [3.05, 3.63) is 54.1 Å². The number of amides is 2. The maximum Gasteiger partial charge on any atom is 0.573 e. The van der Waals surface area contributed by atoms with Crippen molar-refractivity contribution in [1.82, 2.24) is 10.0 Å². The Hall–Kier alpha value is -2.90. The molecular formula is C24H27F3N4O5. The van der Waals surface area contributed by atoms with Crippen LogP contribution in [0, 0.1) is 0 Å². The number of ether oxygens (including phenoxy) is 4. The predicted octanol–water partition coefficient (Wildman–Crippen LogP) is 4.14. The van der Waals surface area contributed by atoms with Crippen LogP contribution in [0.3, 0.4) is 0 Å². The molecule has 3 aliphatic heterocycles. The van der Waals surface area contributed by atoms with Crippen molar-refractivity contribution < 1.29 is 36.9 Å². The van der Waals surface area contributed by atoms with Gasteiger partial charge in [-0.1, -0.05) is 12.1 Å². The molecule has 0 saturated carbocycles. The van der Waals surface area contributed by atoms with Crippen LogP contribution in [0.25, 0.3) is 0 Å². The van der Waals surface area contributed by atoms with Gasteiger partial charge in [0.05, 0.1) is 0 Å². The summed E-state index contributed by atoms with van der Waals surface area (Å²) in [5.74, 6) is -1.00. The average Bonchev–Trinajstić information content (AvgIpc) is 3.24. The number of carbonyl (C=O) groups is 1. The highest BCUT2D eigenvalue weighted by Gasteiger charge is 2.59. The second-order valence-corrected chi connectivity index (χ2v) is 9.42. The maximum absolute atomic E-state index is 12.3. The Balaban J connectivity index is 1.16. The summed E-state index contributed by atoms with van der Waals surface area (Å²) >= 11 is 0. The highest BCUT2D eigenvalue weighted by atomic mass is 19.4. The van der Waals surface area contributed by atoms with Crippen molar-refractivity contribution in [1.29, 1.82) is 0 Å². The van der Waals surface area contributed by atoms with Gasteiger partial charge in [0.2, 0.25) is 0 Å². The Kier molecular flexibility index (Phi) is 6.33. The predicted molar refractivity (Wildman–Crippen MR) is 123 cm³/mol. The van der Waals surface area contributed by atoms with Gasteiger partial charge in [-0.05, 0) is 55.8 Å². The Labute approximate surface area is 206 Å². The first-order valence-electron chi connectivity index (χ1n) is 11.5. The van der Waals surface area contributed by atoms with Crippen LogP contribution in [0.15, 0.2) is 48.5 Å². The number of urea groups is 1. The molecule has 9 nitrogen and oxygen atoms in total. The lowest BCUT2D eigenvalue weighted by Gasteiger charge is -2.42. The minimum atomic E-state index is -4.77. The summed E-state index contributed by atoms with van der Waals surface area (Å²) in [7, 11) is 2.01. The van der Waals surface area contributed by atoms with E-state index < -0.39 is 18.2 Å². The molecule has 3 fully saturated rings. The highest BCUT2D eigenvalue weighted by Crippen LogP contribution is 2.43. The number of nitrogens with zero attached hydrogens (tertiary/aromatic N) is 2. The summed E-state index contributed by atoms with van der Waals surface area (Å²) in [6.07, 6.45) is -5.34. The number of hydrogen-bond donors (Lipinski definition) is 2. The average molecular weight is 508 g/mol. The van der Waals surface area contributed by atoms with E-state index in [9.17, 15) is 18.0 Å². The number of hydrogen-bond acceptors (Lipinski definition) is 7. The fourth-order valence-corrected chi connectivity index (χ4v) is 4.73. The normalized spacial score (nSPS) is 27.5. The molecule has 194 valence electrons. The number of halogens is 3. The van der Waals surface area contributed by atoms with Gasteiger partial charge in [-0.15, -0.1) is 13.2 Å². The topological polar surface area (TPSA) is 84.5 Å². The first-order chi connectivity index (χ1) is 17.0. The zero-order valence-electron chi connectivity index (χ0n) is 19.9. The van der Waals surface area contributed by atoms with Crippen LogP contribution in [-0.2, 0) is 20.8 Å². The number of anilines is 2. The molecule has 5 rings (SSSR count). The summed E-state index contributed by atoms with van der Waals surface area (Å²) in [6.45, 7) is 5.10. The van der Waals surface area contributed by atoms with E-state index in [0.717, 1.165) is 17.7 Å². The van der Waals surface area contributed by atoms with Crippen molar-refractivity contribution >= 4 is 17.4 Å². The first-order valence-corrected chi connectivity index (χ1v) is 11.5. The molecule has 0 spiro atoms. The van der Waals surface area contributed by atoms with Crippen molar-refractivity contribution in [3.63, 3.8) is 0 Å². The van der Waals surface area contributed by atoms with Gasteiger partial charge in [0, 0.05) is 31.5 Å². The number of carbonyl (C=O) groups excluding carboxylic acids is 1. The van der Waals surface area contributed by atoms with Crippen LogP contribution >= 0.6 is 0 Å². The van der Waals surface area contributed by atoms with Gasteiger partial charge in [0.25, 0.3) is 0 Å². The smallest absolute Gasteiger partial charge is 0.406 e. The van der Waals surface area contributed by atoms with E-state index in [0.29, 0.717) is 24.5 Å². The number of benzene rings is 2. The Morgan fingerprint density at radius 1 is 1.03 bits per heavy atom. The van der Waals surface area contributed by atoms with E-state index in [4.69, 9.17) is 14.2 Å². The molecule has 3 aliphatic rings. The van der Waals surface area contributed by atoms with E-state index in [-0.39, 0.29) is 30.3 Å². The highest BCUT2D eigenvalue weighted by molar-refractivity contribution is 5.99. The molecule has 36 heavy (non-hydrogen) atoms. The lowest BCUT2D eigenvalue weighted by atomic mass is 10.1. The van der Waals surface area contributed by atoms with E-state index >= 15 is 0 Å². The third-order valence-electron chi connectivity index (χ3n) is 6.20. The van der Waals surface area contributed by atoms with Gasteiger partial charge in [-0.3, -0.25) is 0 Å². The van der Waals surface area contributed by atoms with E-state index in [1.165, 1.54) is 12.1 Å². The molecule has 0 aromatic heterocycles. The molecule has 3 heterocycles. The Morgan fingerprint density at radius 2 is 1.61 bits per heavy atom. The van der Waals surface area contributed by atoms with Crippen LogP contribution in [0.2, 0.25) is 0 Å².